The minimum absolute atomic E-state index is 0.699. The third-order valence-electron chi connectivity index (χ3n) is 4.83. The maximum Gasteiger partial charge on any atom is 0.157 e. The molecule has 0 amide bonds. The number of hydrogen-bond acceptors (Lipinski definition) is 4. The second-order valence-corrected chi connectivity index (χ2v) is 6.02. The highest BCUT2D eigenvalue weighted by molar-refractivity contribution is 5.68. The van der Waals surface area contributed by atoms with E-state index in [1.807, 2.05) is 66.7 Å². The lowest BCUT2D eigenvalue weighted by atomic mass is 9.77. The van der Waals surface area contributed by atoms with Gasteiger partial charge in [-0.25, -0.2) is 0 Å². The van der Waals surface area contributed by atoms with Gasteiger partial charge in [-0.15, -0.1) is 0 Å². The van der Waals surface area contributed by atoms with Gasteiger partial charge in [0.1, 0.15) is 23.0 Å². The zero-order valence-corrected chi connectivity index (χ0v) is 15.0. The van der Waals surface area contributed by atoms with E-state index in [0.29, 0.717) is 23.0 Å². The van der Waals surface area contributed by atoms with Crippen molar-refractivity contribution in [1.82, 2.24) is 0 Å². The molecule has 1 aliphatic rings. The molecule has 0 saturated carbocycles. The Morgan fingerprint density at radius 1 is 0.654 bits per heavy atom. The average Bonchev–Trinajstić information content (AvgIpc) is 2.71. The fraction of sp³-hybridized carbons (Fsp3) is 0.182. The van der Waals surface area contributed by atoms with Crippen LogP contribution >= 0.6 is 0 Å². The van der Waals surface area contributed by atoms with Gasteiger partial charge in [-0.1, -0.05) is 42.5 Å². The predicted molar refractivity (Wildman–Crippen MR) is 99.4 cm³/mol. The zero-order chi connectivity index (χ0) is 18.1. The summed E-state index contributed by atoms with van der Waals surface area (Å²) in [6, 6.07) is 21.6. The molecule has 0 unspecified atom stereocenters. The summed E-state index contributed by atoms with van der Waals surface area (Å²) >= 11 is 0. The van der Waals surface area contributed by atoms with Crippen LogP contribution in [-0.2, 0) is 10.3 Å². The Labute approximate surface area is 152 Å². The summed E-state index contributed by atoms with van der Waals surface area (Å²) < 4.78 is 23.8. The number of rotatable bonds is 4. The molecule has 0 fully saturated rings. The third-order valence-corrected chi connectivity index (χ3v) is 4.83. The molecule has 0 saturated heterocycles. The minimum atomic E-state index is -0.913. The highest BCUT2D eigenvalue weighted by Gasteiger charge is 2.48. The maximum absolute atomic E-state index is 6.26. The van der Waals surface area contributed by atoms with Crippen LogP contribution in [0, 0.1) is 0 Å². The van der Waals surface area contributed by atoms with E-state index < -0.39 is 5.60 Å². The van der Waals surface area contributed by atoms with Crippen molar-refractivity contribution < 1.29 is 18.9 Å². The number of fused-ring (bicyclic) bond motifs is 2. The fourth-order valence-corrected chi connectivity index (χ4v) is 3.75. The first kappa shape index (κ1) is 16.5. The van der Waals surface area contributed by atoms with Gasteiger partial charge in [0.2, 0.25) is 0 Å². The standard InChI is InChI=1S/C22H20O4/c1-23-16-11-7-13-18-20(16)22(25-3,15-9-5-4-6-10-15)21-17(24-2)12-8-14-19(21)26-18/h4-14H,1-3H3. The number of methoxy groups -OCH3 is 3. The summed E-state index contributed by atoms with van der Waals surface area (Å²) in [5, 5.41) is 0. The van der Waals surface area contributed by atoms with Crippen LogP contribution in [0.15, 0.2) is 66.7 Å². The molecule has 0 aliphatic carbocycles. The van der Waals surface area contributed by atoms with Gasteiger partial charge in [0.15, 0.2) is 5.60 Å². The van der Waals surface area contributed by atoms with E-state index in [1.165, 1.54) is 0 Å². The molecule has 0 N–H and O–H groups in total. The predicted octanol–water partition coefficient (Wildman–Crippen LogP) is 4.75. The van der Waals surface area contributed by atoms with Crippen molar-refractivity contribution in [1.29, 1.82) is 0 Å². The molecule has 0 aromatic heterocycles. The summed E-state index contributed by atoms with van der Waals surface area (Å²) in [4.78, 5) is 0. The lowest BCUT2D eigenvalue weighted by Crippen LogP contribution is -2.35. The Balaban J connectivity index is 2.16. The lowest BCUT2D eigenvalue weighted by Gasteiger charge is -2.40. The van der Waals surface area contributed by atoms with E-state index in [2.05, 4.69) is 0 Å². The SMILES string of the molecule is COc1cccc2c1C(OC)(c1ccccc1)c1c(OC)cccc1O2. The van der Waals surface area contributed by atoms with E-state index in [1.54, 1.807) is 21.3 Å². The Kier molecular flexibility index (Phi) is 4.05. The third kappa shape index (κ3) is 2.19. The molecule has 0 spiro atoms. The topological polar surface area (TPSA) is 36.9 Å². The summed E-state index contributed by atoms with van der Waals surface area (Å²) in [5.41, 5.74) is 1.72. The first-order valence-corrected chi connectivity index (χ1v) is 8.39. The quantitative estimate of drug-likeness (QED) is 0.682. The zero-order valence-electron chi connectivity index (χ0n) is 15.0. The smallest absolute Gasteiger partial charge is 0.157 e. The van der Waals surface area contributed by atoms with Gasteiger partial charge in [-0.2, -0.15) is 0 Å². The van der Waals surface area contributed by atoms with Crippen LogP contribution in [0.3, 0.4) is 0 Å². The van der Waals surface area contributed by atoms with E-state index in [-0.39, 0.29) is 0 Å². The fourth-order valence-electron chi connectivity index (χ4n) is 3.75. The second kappa shape index (κ2) is 6.39. The van der Waals surface area contributed by atoms with Crippen molar-refractivity contribution in [2.75, 3.05) is 21.3 Å². The van der Waals surface area contributed by atoms with Gasteiger partial charge in [0, 0.05) is 7.11 Å². The van der Waals surface area contributed by atoms with Crippen molar-refractivity contribution in [3.8, 4) is 23.0 Å². The Morgan fingerprint density at radius 3 is 1.65 bits per heavy atom. The molecule has 1 aliphatic heterocycles. The number of benzene rings is 3. The van der Waals surface area contributed by atoms with Crippen molar-refractivity contribution >= 4 is 0 Å². The largest absolute Gasteiger partial charge is 0.496 e. The minimum Gasteiger partial charge on any atom is -0.496 e. The van der Waals surface area contributed by atoms with Crippen LogP contribution in [0.2, 0.25) is 0 Å². The average molecular weight is 348 g/mol. The molecule has 4 nitrogen and oxygen atoms in total. The Hall–Kier alpha value is -2.98. The van der Waals surface area contributed by atoms with E-state index in [4.69, 9.17) is 18.9 Å². The molecule has 3 aromatic rings. The molecular weight excluding hydrogens is 328 g/mol. The van der Waals surface area contributed by atoms with Crippen molar-refractivity contribution in [3.05, 3.63) is 83.4 Å². The van der Waals surface area contributed by atoms with Crippen molar-refractivity contribution in [3.63, 3.8) is 0 Å². The lowest BCUT2D eigenvalue weighted by molar-refractivity contribution is 0.0453. The van der Waals surface area contributed by atoms with Crippen LogP contribution < -0.4 is 14.2 Å². The maximum atomic E-state index is 6.26. The van der Waals surface area contributed by atoms with E-state index >= 15 is 0 Å². The molecule has 26 heavy (non-hydrogen) atoms. The normalized spacial score (nSPS) is 14.0. The molecule has 132 valence electrons. The Morgan fingerprint density at radius 2 is 1.19 bits per heavy atom. The Bertz CT molecular complexity index is 881. The molecule has 4 heteroatoms. The molecule has 1 heterocycles. The highest BCUT2D eigenvalue weighted by Crippen LogP contribution is 2.57. The first-order valence-electron chi connectivity index (χ1n) is 8.39. The van der Waals surface area contributed by atoms with Crippen LogP contribution in [-0.4, -0.2) is 21.3 Å². The molecule has 0 radical (unpaired) electrons. The molecular formula is C22H20O4. The van der Waals surface area contributed by atoms with E-state index in [0.717, 1.165) is 16.7 Å². The van der Waals surface area contributed by atoms with Crippen molar-refractivity contribution in [2.24, 2.45) is 0 Å². The molecule has 3 aromatic carbocycles. The van der Waals surface area contributed by atoms with Crippen LogP contribution in [0.4, 0.5) is 0 Å². The summed E-state index contributed by atoms with van der Waals surface area (Å²) in [6.45, 7) is 0. The first-order chi connectivity index (χ1) is 12.8. The van der Waals surface area contributed by atoms with E-state index in [9.17, 15) is 0 Å². The molecule has 4 rings (SSSR count). The highest BCUT2D eigenvalue weighted by atomic mass is 16.5. The van der Waals surface area contributed by atoms with Crippen LogP contribution in [0.25, 0.3) is 0 Å². The van der Waals surface area contributed by atoms with Gasteiger partial charge in [0.25, 0.3) is 0 Å². The van der Waals surface area contributed by atoms with Gasteiger partial charge in [-0.05, 0) is 29.8 Å². The molecule has 0 bridgehead atoms. The van der Waals surface area contributed by atoms with Gasteiger partial charge in [0.05, 0.1) is 25.3 Å². The number of hydrogen-bond donors (Lipinski definition) is 0. The number of ether oxygens (including phenoxy) is 4. The van der Waals surface area contributed by atoms with Gasteiger partial charge >= 0.3 is 0 Å². The molecule has 0 atom stereocenters. The van der Waals surface area contributed by atoms with Gasteiger partial charge < -0.3 is 18.9 Å². The van der Waals surface area contributed by atoms with Crippen LogP contribution in [0.1, 0.15) is 16.7 Å². The summed E-state index contributed by atoms with van der Waals surface area (Å²) in [5.74, 6) is 2.81. The second-order valence-electron chi connectivity index (χ2n) is 6.02. The monoisotopic (exact) mass is 348 g/mol. The van der Waals surface area contributed by atoms with Gasteiger partial charge in [-0.3, -0.25) is 0 Å². The van der Waals surface area contributed by atoms with Crippen LogP contribution in [0.5, 0.6) is 23.0 Å². The summed E-state index contributed by atoms with van der Waals surface area (Å²) in [7, 11) is 5.00. The summed E-state index contributed by atoms with van der Waals surface area (Å²) in [6.07, 6.45) is 0. The van der Waals surface area contributed by atoms with Crippen molar-refractivity contribution in [2.45, 2.75) is 5.60 Å².